The van der Waals surface area contributed by atoms with E-state index in [9.17, 15) is 19.6 Å². The fourth-order valence-corrected chi connectivity index (χ4v) is 5.10. The molecule has 0 bridgehead atoms. The number of carbonyl (C=O) groups excluding carboxylic acids is 3. The molecular weight excluding hydrogens is 414 g/mol. The number of nitrogens with zero attached hydrogens (tertiary/aromatic N) is 3. The average Bonchev–Trinajstić information content (AvgIpc) is 3.36. The number of amides is 2. The SMILES string of the molecule is CN(C(=O)COC(=O)c1ccccc1SCC(=O)N1CCCC1)C1(C#N)CCCCC1. The van der Waals surface area contributed by atoms with Crippen LogP contribution in [0, 0.1) is 11.3 Å². The Labute approximate surface area is 187 Å². The lowest BCUT2D eigenvalue weighted by molar-refractivity contribution is -0.138. The third-order valence-corrected chi connectivity index (χ3v) is 7.21. The van der Waals surface area contributed by atoms with Gasteiger partial charge >= 0.3 is 5.97 Å². The summed E-state index contributed by atoms with van der Waals surface area (Å²) in [4.78, 5) is 41.5. The Morgan fingerprint density at radius 2 is 1.81 bits per heavy atom. The molecule has 166 valence electrons. The Bertz CT molecular complexity index is 855. The molecule has 1 aromatic rings. The van der Waals surface area contributed by atoms with Crippen LogP contribution in [0.25, 0.3) is 0 Å². The van der Waals surface area contributed by atoms with Crippen molar-refractivity contribution in [3.8, 4) is 6.07 Å². The number of carbonyl (C=O) groups is 3. The summed E-state index contributed by atoms with van der Waals surface area (Å²) in [5.74, 6) is -0.660. The summed E-state index contributed by atoms with van der Waals surface area (Å²) < 4.78 is 5.29. The van der Waals surface area contributed by atoms with E-state index in [-0.39, 0.29) is 17.6 Å². The van der Waals surface area contributed by atoms with E-state index >= 15 is 0 Å². The number of rotatable bonds is 7. The van der Waals surface area contributed by atoms with Gasteiger partial charge in [-0.2, -0.15) is 5.26 Å². The molecule has 1 aliphatic carbocycles. The van der Waals surface area contributed by atoms with E-state index < -0.39 is 18.1 Å². The second-order valence-electron chi connectivity index (χ2n) is 8.11. The molecule has 2 fully saturated rings. The molecule has 0 spiro atoms. The minimum atomic E-state index is -0.814. The van der Waals surface area contributed by atoms with Gasteiger partial charge in [0.05, 0.1) is 17.4 Å². The summed E-state index contributed by atoms with van der Waals surface area (Å²) in [5.41, 5.74) is -0.476. The van der Waals surface area contributed by atoms with Gasteiger partial charge < -0.3 is 14.5 Å². The number of likely N-dealkylation sites (N-methyl/N-ethyl adjacent to an activating group) is 1. The molecule has 0 N–H and O–H groups in total. The Morgan fingerprint density at radius 1 is 1.13 bits per heavy atom. The molecule has 0 unspecified atom stereocenters. The van der Waals surface area contributed by atoms with Gasteiger partial charge in [0, 0.05) is 25.0 Å². The van der Waals surface area contributed by atoms with Crippen LogP contribution in [0.1, 0.15) is 55.3 Å². The van der Waals surface area contributed by atoms with Crippen molar-refractivity contribution in [3.63, 3.8) is 0 Å². The molecule has 7 nitrogen and oxygen atoms in total. The molecule has 2 aliphatic rings. The van der Waals surface area contributed by atoms with Crippen LogP contribution in [0.5, 0.6) is 0 Å². The Balaban J connectivity index is 1.57. The van der Waals surface area contributed by atoms with E-state index in [1.54, 1.807) is 31.3 Å². The van der Waals surface area contributed by atoms with Crippen LogP contribution in [-0.4, -0.2) is 65.6 Å². The largest absolute Gasteiger partial charge is 0.452 e. The van der Waals surface area contributed by atoms with Gasteiger partial charge in [0.25, 0.3) is 5.91 Å². The van der Waals surface area contributed by atoms with Gasteiger partial charge in [-0.15, -0.1) is 11.8 Å². The average molecular weight is 444 g/mol. The summed E-state index contributed by atoms with van der Waals surface area (Å²) in [5, 5.41) is 9.65. The first-order valence-corrected chi connectivity index (χ1v) is 11.8. The van der Waals surface area contributed by atoms with Gasteiger partial charge in [-0.3, -0.25) is 9.59 Å². The minimum Gasteiger partial charge on any atom is -0.452 e. The van der Waals surface area contributed by atoms with Gasteiger partial charge in [0.1, 0.15) is 5.54 Å². The molecule has 2 amide bonds. The highest BCUT2D eigenvalue weighted by molar-refractivity contribution is 8.00. The lowest BCUT2D eigenvalue weighted by atomic mass is 9.81. The van der Waals surface area contributed by atoms with E-state index in [1.165, 1.54) is 16.7 Å². The third kappa shape index (κ3) is 5.59. The van der Waals surface area contributed by atoms with Crippen LogP contribution in [0.4, 0.5) is 0 Å². The predicted molar refractivity (Wildman–Crippen MR) is 117 cm³/mol. The van der Waals surface area contributed by atoms with Gasteiger partial charge in [-0.05, 0) is 37.8 Å². The zero-order chi connectivity index (χ0) is 22.3. The van der Waals surface area contributed by atoms with Crippen molar-refractivity contribution in [2.24, 2.45) is 0 Å². The summed E-state index contributed by atoms with van der Waals surface area (Å²) in [6.07, 6.45) is 6.24. The maximum atomic E-state index is 12.7. The Kier molecular flexibility index (Phi) is 7.97. The second kappa shape index (κ2) is 10.7. The van der Waals surface area contributed by atoms with Crippen LogP contribution in [0.15, 0.2) is 29.2 Å². The molecule has 3 rings (SSSR count). The van der Waals surface area contributed by atoms with Gasteiger partial charge in [0.2, 0.25) is 5.91 Å². The lowest BCUT2D eigenvalue weighted by Crippen LogP contribution is -2.51. The number of hydrogen-bond acceptors (Lipinski definition) is 6. The molecule has 0 aromatic heterocycles. The van der Waals surface area contributed by atoms with E-state index in [1.807, 2.05) is 4.90 Å². The molecule has 1 saturated carbocycles. The third-order valence-electron chi connectivity index (χ3n) is 6.15. The first-order chi connectivity index (χ1) is 15.0. The number of ether oxygens (including phenoxy) is 1. The maximum absolute atomic E-state index is 12.7. The summed E-state index contributed by atoms with van der Waals surface area (Å²) in [6.45, 7) is 1.18. The normalized spacial score (nSPS) is 17.6. The highest BCUT2D eigenvalue weighted by atomic mass is 32.2. The smallest absolute Gasteiger partial charge is 0.339 e. The molecule has 8 heteroatoms. The van der Waals surface area contributed by atoms with Crippen molar-refractivity contribution in [2.75, 3.05) is 32.5 Å². The van der Waals surface area contributed by atoms with Crippen molar-refractivity contribution in [1.29, 1.82) is 5.26 Å². The first kappa shape index (κ1) is 23.1. The van der Waals surface area contributed by atoms with Crippen molar-refractivity contribution < 1.29 is 19.1 Å². The molecule has 1 heterocycles. The fourth-order valence-electron chi connectivity index (χ4n) is 4.16. The number of hydrogen-bond donors (Lipinski definition) is 0. The minimum absolute atomic E-state index is 0.0664. The Morgan fingerprint density at radius 3 is 2.48 bits per heavy atom. The lowest BCUT2D eigenvalue weighted by Gasteiger charge is -2.38. The number of thioether (sulfide) groups is 1. The standard InChI is InChI=1S/C23H29N3O4S/c1-25(23(17-24)11-5-2-6-12-23)20(27)15-30-22(29)18-9-3-4-10-19(18)31-16-21(28)26-13-7-8-14-26/h3-4,9-10H,2,5-8,11-16H2,1H3. The number of likely N-dealkylation sites (tertiary alicyclic amines) is 1. The van der Waals surface area contributed by atoms with Crippen molar-refractivity contribution in [2.45, 2.75) is 55.4 Å². The number of nitriles is 1. The molecule has 0 radical (unpaired) electrons. The van der Waals surface area contributed by atoms with E-state index in [2.05, 4.69) is 6.07 Å². The predicted octanol–water partition coefficient (Wildman–Crippen LogP) is 3.24. The molecular formula is C23H29N3O4S. The monoisotopic (exact) mass is 443 g/mol. The van der Waals surface area contributed by atoms with Crippen molar-refractivity contribution in [1.82, 2.24) is 9.80 Å². The van der Waals surface area contributed by atoms with E-state index in [0.717, 1.165) is 45.2 Å². The zero-order valence-electron chi connectivity index (χ0n) is 18.0. The zero-order valence-corrected chi connectivity index (χ0v) is 18.8. The quantitative estimate of drug-likeness (QED) is 0.475. The van der Waals surface area contributed by atoms with Crippen LogP contribution in [0.3, 0.4) is 0 Å². The summed E-state index contributed by atoms with van der Waals surface area (Å²) in [6, 6.07) is 9.24. The number of esters is 1. The highest BCUT2D eigenvalue weighted by Crippen LogP contribution is 2.32. The molecule has 1 saturated heterocycles. The molecule has 1 aliphatic heterocycles. The van der Waals surface area contributed by atoms with Crippen LogP contribution in [0.2, 0.25) is 0 Å². The van der Waals surface area contributed by atoms with E-state index in [4.69, 9.17) is 4.74 Å². The van der Waals surface area contributed by atoms with Crippen LogP contribution < -0.4 is 0 Å². The fraction of sp³-hybridized carbons (Fsp3) is 0.565. The van der Waals surface area contributed by atoms with Gasteiger partial charge in [-0.25, -0.2) is 4.79 Å². The van der Waals surface area contributed by atoms with Crippen LogP contribution >= 0.6 is 11.8 Å². The van der Waals surface area contributed by atoms with Gasteiger partial charge in [-0.1, -0.05) is 31.4 Å². The van der Waals surface area contributed by atoms with Crippen LogP contribution in [-0.2, 0) is 14.3 Å². The maximum Gasteiger partial charge on any atom is 0.339 e. The second-order valence-corrected chi connectivity index (χ2v) is 9.12. The summed E-state index contributed by atoms with van der Waals surface area (Å²) in [7, 11) is 1.61. The highest BCUT2D eigenvalue weighted by Gasteiger charge is 2.39. The van der Waals surface area contributed by atoms with Gasteiger partial charge in [0.15, 0.2) is 6.61 Å². The van der Waals surface area contributed by atoms with Crippen molar-refractivity contribution in [3.05, 3.63) is 29.8 Å². The molecule has 1 aromatic carbocycles. The summed E-state index contributed by atoms with van der Waals surface area (Å²) >= 11 is 1.31. The number of benzene rings is 1. The first-order valence-electron chi connectivity index (χ1n) is 10.8. The topological polar surface area (TPSA) is 90.7 Å². The molecule has 31 heavy (non-hydrogen) atoms. The van der Waals surface area contributed by atoms with Crippen molar-refractivity contribution >= 4 is 29.5 Å². The Hall–Kier alpha value is -2.53. The van der Waals surface area contributed by atoms with E-state index in [0.29, 0.717) is 23.3 Å². The molecule has 0 atom stereocenters.